The first-order chi connectivity index (χ1) is 12.0. The van der Waals surface area contributed by atoms with Crippen LogP contribution in [0.3, 0.4) is 0 Å². The van der Waals surface area contributed by atoms with Gasteiger partial charge in [0.05, 0.1) is 6.20 Å². The number of aromatic nitrogens is 2. The summed E-state index contributed by atoms with van der Waals surface area (Å²) in [6.07, 6.45) is 2.13. The lowest BCUT2D eigenvalue weighted by atomic mass is 10.3. The van der Waals surface area contributed by atoms with E-state index >= 15 is 0 Å². The van der Waals surface area contributed by atoms with Crippen molar-refractivity contribution in [3.63, 3.8) is 0 Å². The molecule has 0 spiro atoms. The van der Waals surface area contributed by atoms with Gasteiger partial charge in [-0.25, -0.2) is 13.8 Å². The number of aliphatic hydroxyl groups is 1. The molecule has 0 radical (unpaired) electrons. The van der Waals surface area contributed by atoms with Gasteiger partial charge < -0.3 is 15.2 Å². The third-order valence-corrected chi connectivity index (χ3v) is 3.48. The Hall–Kier alpha value is -3.00. The highest BCUT2D eigenvalue weighted by molar-refractivity contribution is 5.93. The van der Waals surface area contributed by atoms with Crippen molar-refractivity contribution in [2.75, 3.05) is 13.2 Å². The van der Waals surface area contributed by atoms with E-state index in [1.54, 1.807) is 22.7 Å². The van der Waals surface area contributed by atoms with Crippen LogP contribution in [0.4, 0.5) is 8.78 Å². The van der Waals surface area contributed by atoms with Gasteiger partial charge in [0.15, 0.2) is 11.6 Å². The standard InChI is InChI=1S/C17H15F2N3O3/c18-13-5-4-12(7-14(13)19)25-10-11(23)8-21-17(24)15-9-20-16-3-1-2-6-22(15)16/h1-7,9,11,23H,8,10H2,(H,21,24). The first-order valence-corrected chi connectivity index (χ1v) is 7.51. The normalized spacial score (nSPS) is 12.1. The fourth-order valence-corrected chi connectivity index (χ4v) is 2.22. The third kappa shape index (κ3) is 3.92. The van der Waals surface area contributed by atoms with E-state index in [4.69, 9.17) is 4.74 Å². The van der Waals surface area contributed by atoms with Crippen LogP contribution in [0.1, 0.15) is 10.5 Å². The number of aliphatic hydroxyl groups excluding tert-OH is 1. The maximum Gasteiger partial charge on any atom is 0.270 e. The molecule has 0 saturated heterocycles. The number of hydrogen-bond donors (Lipinski definition) is 2. The highest BCUT2D eigenvalue weighted by atomic mass is 19.2. The van der Waals surface area contributed by atoms with E-state index in [1.165, 1.54) is 12.3 Å². The topological polar surface area (TPSA) is 75.9 Å². The second-order valence-corrected chi connectivity index (χ2v) is 5.32. The minimum absolute atomic E-state index is 0.0669. The maximum absolute atomic E-state index is 13.1. The number of halogens is 2. The van der Waals surface area contributed by atoms with Crippen LogP contribution in [0, 0.1) is 11.6 Å². The van der Waals surface area contributed by atoms with Crippen molar-refractivity contribution in [3.05, 3.63) is 66.1 Å². The molecule has 1 unspecified atom stereocenters. The summed E-state index contributed by atoms with van der Waals surface area (Å²) in [5.74, 6) is -2.32. The minimum atomic E-state index is -1.03. The molecule has 1 amide bonds. The van der Waals surface area contributed by atoms with E-state index in [0.717, 1.165) is 12.1 Å². The van der Waals surface area contributed by atoms with E-state index in [2.05, 4.69) is 10.3 Å². The number of carbonyl (C=O) groups is 1. The zero-order valence-corrected chi connectivity index (χ0v) is 13.0. The number of fused-ring (bicyclic) bond motifs is 1. The van der Waals surface area contributed by atoms with Gasteiger partial charge in [-0.15, -0.1) is 0 Å². The highest BCUT2D eigenvalue weighted by Gasteiger charge is 2.14. The molecule has 0 aliphatic heterocycles. The summed E-state index contributed by atoms with van der Waals surface area (Å²) in [7, 11) is 0. The molecule has 1 aromatic carbocycles. The van der Waals surface area contributed by atoms with Crippen LogP contribution in [0.2, 0.25) is 0 Å². The van der Waals surface area contributed by atoms with Crippen molar-refractivity contribution in [1.29, 1.82) is 0 Å². The first kappa shape index (κ1) is 16.8. The van der Waals surface area contributed by atoms with Crippen molar-refractivity contribution in [2.24, 2.45) is 0 Å². The van der Waals surface area contributed by atoms with Crippen molar-refractivity contribution >= 4 is 11.6 Å². The Labute approximate surface area is 141 Å². The van der Waals surface area contributed by atoms with Gasteiger partial charge in [0, 0.05) is 18.8 Å². The molecule has 1 atom stereocenters. The summed E-state index contributed by atoms with van der Waals surface area (Å²) in [4.78, 5) is 16.3. The van der Waals surface area contributed by atoms with E-state index in [9.17, 15) is 18.7 Å². The lowest BCUT2D eigenvalue weighted by molar-refractivity contribution is 0.0838. The summed E-state index contributed by atoms with van der Waals surface area (Å²) in [5.41, 5.74) is 0.971. The van der Waals surface area contributed by atoms with Crippen LogP contribution < -0.4 is 10.1 Å². The molecular formula is C17H15F2N3O3. The summed E-state index contributed by atoms with van der Waals surface area (Å²) >= 11 is 0. The van der Waals surface area contributed by atoms with E-state index in [1.807, 2.05) is 6.07 Å². The van der Waals surface area contributed by atoms with E-state index < -0.39 is 23.6 Å². The molecule has 130 valence electrons. The number of nitrogens with zero attached hydrogens (tertiary/aromatic N) is 2. The summed E-state index contributed by atoms with van der Waals surface area (Å²) in [6, 6.07) is 8.42. The zero-order valence-electron chi connectivity index (χ0n) is 13.0. The van der Waals surface area contributed by atoms with Crippen molar-refractivity contribution in [3.8, 4) is 5.75 Å². The average molecular weight is 347 g/mol. The summed E-state index contributed by atoms with van der Waals surface area (Å²) < 4.78 is 32.7. The highest BCUT2D eigenvalue weighted by Crippen LogP contribution is 2.15. The Morgan fingerprint density at radius 3 is 2.92 bits per heavy atom. The number of rotatable bonds is 6. The second-order valence-electron chi connectivity index (χ2n) is 5.32. The number of nitrogens with one attached hydrogen (secondary N) is 1. The Balaban J connectivity index is 1.52. The first-order valence-electron chi connectivity index (χ1n) is 7.51. The Morgan fingerprint density at radius 1 is 1.28 bits per heavy atom. The minimum Gasteiger partial charge on any atom is -0.491 e. The Kier molecular flexibility index (Phi) is 4.90. The SMILES string of the molecule is O=C(NCC(O)COc1ccc(F)c(F)c1)c1cnc2ccccn12. The number of ether oxygens (including phenoxy) is 1. The molecule has 8 heteroatoms. The third-order valence-electron chi connectivity index (χ3n) is 3.48. The Bertz CT molecular complexity index is 898. The van der Waals surface area contributed by atoms with Gasteiger partial charge in [-0.05, 0) is 24.3 Å². The van der Waals surface area contributed by atoms with E-state index in [0.29, 0.717) is 11.3 Å². The van der Waals surface area contributed by atoms with Gasteiger partial charge in [-0.2, -0.15) is 0 Å². The average Bonchev–Trinajstić information content (AvgIpc) is 3.05. The monoisotopic (exact) mass is 347 g/mol. The molecule has 25 heavy (non-hydrogen) atoms. The van der Waals surface area contributed by atoms with Crippen LogP contribution in [0.15, 0.2) is 48.8 Å². The molecule has 2 heterocycles. The number of hydrogen-bond acceptors (Lipinski definition) is 4. The fraction of sp³-hybridized carbons (Fsp3) is 0.176. The van der Waals surface area contributed by atoms with Crippen molar-refractivity contribution in [1.82, 2.24) is 14.7 Å². The summed E-state index contributed by atoms with van der Waals surface area (Å²) in [5, 5.41) is 12.4. The smallest absolute Gasteiger partial charge is 0.270 e. The predicted molar refractivity (Wildman–Crippen MR) is 85.4 cm³/mol. The summed E-state index contributed by atoms with van der Waals surface area (Å²) in [6.45, 7) is -0.249. The molecule has 0 saturated carbocycles. The largest absolute Gasteiger partial charge is 0.491 e. The molecule has 3 rings (SSSR count). The molecule has 2 N–H and O–H groups in total. The molecular weight excluding hydrogens is 332 g/mol. The molecule has 0 aliphatic carbocycles. The maximum atomic E-state index is 13.1. The molecule has 0 fully saturated rings. The predicted octanol–water partition coefficient (Wildman–Crippen LogP) is 1.78. The number of pyridine rings is 1. The van der Waals surface area contributed by atoms with Crippen LogP contribution in [0.25, 0.3) is 5.65 Å². The van der Waals surface area contributed by atoms with Crippen LogP contribution >= 0.6 is 0 Å². The lowest BCUT2D eigenvalue weighted by Gasteiger charge is -2.13. The van der Waals surface area contributed by atoms with Crippen molar-refractivity contribution < 1.29 is 23.4 Å². The molecule has 0 aliphatic rings. The van der Waals surface area contributed by atoms with Gasteiger partial charge in [-0.3, -0.25) is 9.20 Å². The van der Waals surface area contributed by atoms with Crippen molar-refractivity contribution in [2.45, 2.75) is 6.10 Å². The zero-order chi connectivity index (χ0) is 17.8. The van der Waals surface area contributed by atoms with Crippen LogP contribution in [-0.4, -0.2) is 39.7 Å². The van der Waals surface area contributed by atoms with Gasteiger partial charge in [-0.1, -0.05) is 6.07 Å². The number of carbonyl (C=O) groups excluding carboxylic acids is 1. The molecule has 2 aromatic heterocycles. The Morgan fingerprint density at radius 2 is 2.12 bits per heavy atom. The number of amides is 1. The fourth-order valence-electron chi connectivity index (χ4n) is 2.22. The molecule has 3 aromatic rings. The van der Waals surface area contributed by atoms with E-state index in [-0.39, 0.29) is 18.9 Å². The molecule has 6 nitrogen and oxygen atoms in total. The van der Waals surface area contributed by atoms with Crippen LogP contribution in [-0.2, 0) is 0 Å². The quantitative estimate of drug-likeness (QED) is 0.713. The number of benzene rings is 1. The number of imidazole rings is 1. The lowest BCUT2D eigenvalue weighted by Crippen LogP contribution is -2.35. The van der Waals surface area contributed by atoms with Gasteiger partial charge in [0.25, 0.3) is 5.91 Å². The second kappa shape index (κ2) is 7.27. The van der Waals surface area contributed by atoms with Gasteiger partial charge >= 0.3 is 0 Å². The van der Waals surface area contributed by atoms with Gasteiger partial charge in [0.2, 0.25) is 0 Å². The molecule has 0 bridgehead atoms. The van der Waals surface area contributed by atoms with Gasteiger partial charge in [0.1, 0.15) is 29.8 Å². The van der Waals surface area contributed by atoms with Crippen LogP contribution in [0.5, 0.6) is 5.75 Å².